The predicted octanol–water partition coefficient (Wildman–Crippen LogP) is 2.30. The Morgan fingerprint density at radius 1 is 1.00 bits per heavy atom. The van der Waals surface area contributed by atoms with Gasteiger partial charge in [0, 0.05) is 18.9 Å². The third-order valence-electron chi connectivity index (χ3n) is 3.54. The van der Waals surface area contributed by atoms with E-state index < -0.39 is 15.9 Å². The van der Waals surface area contributed by atoms with Gasteiger partial charge < -0.3 is 10.6 Å². The van der Waals surface area contributed by atoms with Crippen molar-refractivity contribution in [1.82, 2.24) is 5.32 Å². The van der Waals surface area contributed by atoms with Crippen LogP contribution in [0.2, 0.25) is 0 Å². The van der Waals surface area contributed by atoms with Gasteiger partial charge in [-0.1, -0.05) is 30.3 Å². The minimum absolute atomic E-state index is 0.0669. The Bertz CT molecular complexity index is 846. The third-order valence-corrected chi connectivity index (χ3v) is 4.66. The van der Waals surface area contributed by atoms with E-state index in [1.807, 2.05) is 30.3 Å². The number of amides is 2. The summed E-state index contributed by atoms with van der Waals surface area (Å²) in [4.78, 5) is 23.9. The molecule has 0 aromatic heterocycles. The van der Waals surface area contributed by atoms with Crippen LogP contribution in [0.4, 0.5) is 5.69 Å². The summed E-state index contributed by atoms with van der Waals surface area (Å²) in [5.41, 5.74) is 1.33. The molecule has 0 aliphatic heterocycles. The molecule has 0 saturated carbocycles. The van der Waals surface area contributed by atoms with Crippen LogP contribution in [-0.4, -0.2) is 26.5 Å². The van der Waals surface area contributed by atoms with E-state index in [4.69, 9.17) is 0 Å². The number of hydrogen-bond acceptors (Lipinski definition) is 4. The quantitative estimate of drug-likeness (QED) is 0.827. The van der Waals surface area contributed by atoms with Gasteiger partial charge in [0.1, 0.15) is 0 Å². The van der Waals surface area contributed by atoms with Gasteiger partial charge in [0.2, 0.25) is 11.8 Å². The van der Waals surface area contributed by atoms with E-state index >= 15 is 0 Å². The first-order chi connectivity index (χ1) is 11.8. The van der Waals surface area contributed by atoms with Gasteiger partial charge in [0.15, 0.2) is 9.84 Å². The van der Waals surface area contributed by atoms with Crippen molar-refractivity contribution >= 4 is 27.3 Å². The Morgan fingerprint density at radius 3 is 2.12 bits per heavy atom. The van der Waals surface area contributed by atoms with Gasteiger partial charge in [0.05, 0.1) is 17.4 Å². The van der Waals surface area contributed by atoms with E-state index in [0.717, 1.165) is 11.8 Å². The summed E-state index contributed by atoms with van der Waals surface area (Å²) in [6.07, 6.45) is 1.19. The van der Waals surface area contributed by atoms with E-state index in [2.05, 4.69) is 10.6 Å². The molecule has 0 aliphatic carbocycles. The summed E-state index contributed by atoms with van der Waals surface area (Å²) in [5, 5.41) is 5.47. The second-order valence-electron chi connectivity index (χ2n) is 5.71. The number of rotatable bonds is 6. The van der Waals surface area contributed by atoms with Crippen LogP contribution in [-0.2, 0) is 19.4 Å². The van der Waals surface area contributed by atoms with Crippen LogP contribution in [0.1, 0.15) is 24.9 Å². The molecule has 0 saturated heterocycles. The van der Waals surface area contributed by atoms with E-state index in [1.54, 1.807) is 0 Å². The van der Waals surface area contributed by atoms with Crippen molar-refractivity contribution < 1.29 is 18.0 Å². The summed E-state index contributed by atoms with van der Waals surface area (Å²) < 4.78 is 22.9. The van der Waals surface area contributed by atoms with Crippen LogP contribution in [0.5, 0.6) is 0 Å². The normalized spacial score (nSPS) is 12.2. The topological polar surface area (TPSA) is 92.3 Å². The van der Waals surface area contributed by atoms with Crippen molar-refractivity contribution in [2.24, 2.45) is 0 Å². The zero-order valence-corrected chi connectivity index (χ0v) is 14.8. The van der Waals surface area contributed by atoms with Crippen LogP contribution < -0.4 is 10.6 Å². The fraction of sp³-hybridized carbons (Fsp3) is 0.222. The summed E-state index contributed by atoms with van der Waals surface area (Å²) in [6.45, 7) is 1.40. The highest BCUT2D eigenvalue weighted by Crippen LogP contribution is 2.19. The van der Waals surface area contributed by atoms with E-state index in [9.17, 15) is 18.0 Å². The van der Waals surface area contributed by atoms with Gasteiger partial charge in [-0.2, -0.15) is 0 Å². The summed E-state index contributed by atoms with van der Waals surface area (Å²) in [5.74, 6) is -0.506. The molecule has 0 aliphatic rings. The number of carbonyl (C=O) groups excluding carboxylic acids is 2. The summed E-state index contributed by atoms with van der Waals surface area (Å²) >= 11 is 0. The van der Waals surface area contributed by atoms with Crippen molar-refractivity contribution in [3.63, 3.8) is 0 Å². The Morgan fingerprint density at radius 2 is 1.60 bits per heavy atom. The number of sulfone groups is 1. The SMILES string of the molecule is CC(=O)NC(CC(=O)Nc1ccc(S(C)(=O)=O)cc1)c1ccccc1. The molecule has 2 rings (SSSR count). The van der Waals surface area contributed by atoms with Gasteiger partial charge >= 0.3 is 0 Å². The molecule has 7 heteroatoms. The molecule has 2 N–H and O–H groups in total. The van der Waals surface area contributed by atoms with Crippen LogP contribution in [0, 0.1) is 0 Å². The zero-order valence-electron chi connectivity index (χ0n) is 14.0. The standard InChI is InChI=1S/C18H20N2O4S/c1-13(21)19-17(14-6-4-3-5-7-14)12-18(22)20-15-8-10-16(11-9-15)25(2,23)24/h3-11,17H,12H2,1-2H3,(H,19,21)(H,20,22). The second-order valence-corrected chi connectivity index (χ2v) is 7.73. The summed E-state index contributed by atoms with van der Waals surface area (Å²) in [6, 6.07) is 14.7. The van der Waals surface area contributed by atoms with Crippen molar-refractivity contribution in [1.29, 1.82) is 0 Å². The Labute approximate surface area is 147 Å². The molecule has 0 fully saturated rings. The zero-order chi connectivity index (χ0) is 18.4. The molecule has 0 spiro atoms. The minimum Gasteiger partial charge on any atom is -0.349 e. The molecule has 0 heterocycles. The van der Waals surface area contributed by atoms with Gasteiger partial charge in [-0.05, 0) is 29.8 Å². The first-order valence-corrected chi connectivity index (χ1v) is 9.57. The van der Waals surface area contributed by atoms with Crippen LogP contribution in [0.15, 0.2) is 59.5 Å². The highest BCUT2D eigenvalue weighted by atomic mass is 32.2. The maximum atomic E-state index is 12.3. The molecule has 2 amide bonds. The maximum absolute atomic E-state index is 12.3. The number of carbonyl (C=O) groups is 2. The highest BCUT2D eigenvalue weighted by molar-refractivity contribution is 7.90. The minimum atomic E-state index is -3.28. The molecule has 2 aromatic carbocycles. The Kier molecular flexibility index (Phi) is 5.93. The Balaban J connectivity index is 2.07. The third kappa shape index (κ3) is 5.72. The molecule has 25 heavy (non-hydrogen) atoms. The van der Waals surface area contributed by atoms with Crippen molar-refractivity contribution in [3.8, 4) is 0 Å². The van der Waals surface area contributed by atoms with Crippen LogP contribution in [0.25, 0.3) is 0 Å². The Hall–Kier alpha value is -2.67. The van der Waals surface area contributed by atoms with E-state index in [0.29, 0.717) is 5.69 Å². The second kappa shape index (κ2) is 7.94. The first kappa shape index (κ1) is 18.7. The molecule has 132 valence electrons. The van der Waals surface area contributed by atoms with Crippen molar-refractivity contribution in [3.05, 3.63) is 60.2 Å². The predicted molar refractivity (Wildman–Crippen MR) is 95.8 cm³/mol. The van der Waals surface area contributed by atoms with E-state index in [1.165, 1.54) is 31.2 Å². The van der Waals surface area contributed by atoms with Gasteiger partial charge in [-0.25, -0.2) is 8.42 Å². The number of hydrogen-bond donors (Lipinski definition) is 2. The summed E-state index contributed by atoms with van der Waals surface area (Å²) in [7, 11) is -3.28. The maximum Gasteiger partial charge on any atom is 0.226 e. The number of nitrogens with one attached hydrogen (secondary N) is 2. The lowest BCUT2D eigenvalue weighted by Crippen LogP contribution is -2.29. The van der Waals surface area contributed by atoms with E-state index in [-0.39, 0.29) is 23.1 Å². The lowest BCUT2D eigenvalue weighted by atomic mass is 10.0. The van der Waals surface area contributed by atoms with Gasteiger partial charge in [0.25, 0.3) is 0 Å². The molecule has 1 atom stereocenters. The first-order valence-electron chi connectivity index (χ1n) is 7.68. The van der Waals surface area contributed by atoms with Gasteiger partial charge in [-0.15, -0.1) is 0 Å². The molecule has 6 nitrogen and oxygen atoms in total. The fourth-order valence-corrected chi connectivity index (χ4v) is 3.00. The largest absolute Gasteiger partial charge is 0.349 e. The molecule has 0 radical (unpaired) electrons. The average Bonchev–Trinajstić information content (AvgIpc) is 2.54. The van der Waals surface area contributed by atoms with Crippen molar-refractivity contribution in [2.75, 3.05) is 11.6 Å². The lowest BCUT2D eigenvalue weighted by molar-refractivity contribution is -0.120. The molecule has 1 unspecified atom stereocenters. The lowest BCUT2D eigenvalue weighted by Gasteiger charge is -2.18. The average molecular weight is 360 g/mol. The van der Waals surface area contributed by atoms with Gasteiger partial charge in [-0.3, -0.25) is 9.59 Å². The number of anilines is 1. The van der Waals surface area contributed by atoms with Crippen molar-refractivity contribution in [2.45, 2.75) is 24.3 Å². The number of benzene rings is 2. The van der Waals surface area contributed by atoms with Crippen LogP contribution in [0.3, 0.4) is 0 Å². The molecular formula is C18H20N2O4S. The van der Waals surface area contributed by atoms with Crippen LogP contribution >= 0.6 is 0 Å². The fourth-order valence-electron chi connectivity index (χ4n) is 2.37. The smallest absolute Gasteiger partial charge is 0.226 e. The molecule has 2 aromatic rings. The molecule has 0 bridgehead atoms. The molecular weight excluding hydrogens is 340 g/mol. The monoisotopic (exact) mass is 360 g/mol. The highest BCUT2D eigenvalue weighted by Gasteiger charge is 2.17.